The van der Waals surface area contributed by atoms with Gasteiger partial charge in [-0.2, -0.15) is 0 Å². The fourth-order valence-electron chi connectivity index (χ4n) is 1.57. The number of nitrogens with two attached hydrogens (primary N) is 1. The van der Waals surface area contributed by atoms with Gasteiger partial charge in [0.2, 0.25) is 0 Å². The van der Waals surface area contributed by atoms with Crippen LogP contribution in [0.25, 0.3) is 0 Å². The second-order valence-corrected chi connectivity index (χ2v) is 5.50. The molecule has 0 saturated heterocycles. The minimum absolute atomic E-state index is 0.431. The summed E-state index contributed by atoms with van der Waals surface area (Å²) in [5.74, 6) is 0.757. The van der Waals surface area contributed by atoms with Crippen LogP contribution >= 0.6 is 39.1 Å². The maximum atomic E-state index is 5.97. The van der Waals surface area contributed by atoms with Crippen molar-refractivity contribution in [3.63, 3.8) is 0 Å². The number of benzene rings is 2. The van der Waals surface area contributed by atoms with Crippen LogP contribution in [0.3, 0.4) is 0 Å². The van der Waals surface area contributed by atoms with E-state index in [0.717, 1.165) is 15.9 Å². The zero-order chi connectivity index (χ0) is 14.0. The van der Waals surface area contributed by atoms with Crippen molar-refractivity contribution in [3.8, 4) is 5.75 Å². The van der Waals surface area contributed by atoms with Crippen molar-refractivity contribution in [1.29, 1.82) is 0 Å². The first-order valence-corrected chi connectivity index (χ1v) is 6.91. The molecular formula is C13H11BrCl2N2O. The Labute approximate surface area is 129 Å². The molecule has 2 aromatic carbocycles. The van der Waals surface area contributed by atoms with E-state index in [1.807, 2.05) is 18.2 Å². The molecule has 0 radical (unpaired) electrons. The average Bonchev–Trinajstić information content (AvgIpc) is 2.36. The van der Waals surface area contributed by atoms with Gasteiger partial charge in [0.05, 0.1) is 33.0 Å². The summed E-state index contributed by atoms with van der Waals surface area (Å²) in [5.41, 5.74) is 7.98. The van der Waals surface area contributed by atoms with Crippen LogP contribution in [0.2, 0.25) is 10.0 Å². The molecule has 0 atom stereocenters. The van der Waals surface area contributed by atoms with Crippen molar-refractivity contribution >= 4 is 56.2 Å². The van der Waals surface area contributed by atoms with Crippen LogP contribution in [-0.4, -0.2) is 7.11 Å². The standard InChI is InChI=1S/C13H11BrCl2N2O/c1-19-13-3-2-7(4-8(13)14)18-12-6-10(16)9(15)5-11(12)17/h2-6,18H,17H2,1H3. The van der Waals surface area contributed by atoms with E-state index in [1.165, 1.54) is 0 Å². The Morgan fingerprint density at radius 2 is 1.84 bits per heavy atom. The van der Waals surface area contributed by atoms with Crippen molar-refractivity contribution < 1.29 is 4.74 Å². The molecule has 0 saturated carbocycles. The number of nitrogen functional groups attached to an aromatic ring is 1. The first-order valence-electron chi connectivity index (χ1n) is 5.36. The Bertz CT molecular complexity index is 620. The highest BCUT2D eigenvalue weighted by molar-refractivity contribution is 9.10. The van der Waals surface area contributed by atoms with Gasteiger partial charge in [0, 0.05) is 5.69 Å². The Kier molecular flexibility index (Phi) is 4.45. The Morgan fingerprint density at radius 1 is 1.16 bits per heavy atom. The highest BCUT2D eigenvalue weighted by Crippen LogP contribution is 2.34. The summed E-state index contributed by atoms with van der Waals surface area (Å²) in [6.45, 7) is 0. The lowest BCUT2D eigenvalue weighted by Crippen LogP contribution is -1.97. The lowest BCUT2D eigenvalue weighted by atomic mass is 10.2. The fourth-order valence-corrected chi connectivity index (χ4v) is 2.45. The van der Waals surface area contributed by atoms with Crippen molar-refractivity contribution in [1.82, 2.24) is 0 Å². The topological polar surface area (TPSA) is 47.3 Å². The van der Waals surface area contributed by atoms with Crippen molar-refractivity contribution in [2.24, 2.45) is 0 Å². The molecule has 0 unspecified atom stereocenters. The van der Waals surface area contributed by atoms with Gasteiger partial charge in [-0.25, -0.2) is 0 Å². The van der Waals surface area contributed by atoms with Gasteiger partial charge in [-0.05, 0) is 46.3 Å². The fraction of sp³-hybridized carbons (Fsp3) is 0.0769. The largest absolute Gasteiger partial charge is 0.496 e. The number of hydrogen-bond acceptors (Lipinski definition) is 3. The summed E-state index contributed by atoms with van der Waals surface area (Å²) in [6, 6.07) is 8.93. The summed E-state index contributed by atoms with van der Waals surface area (Å²) >= 11 is 15.3. The van der Waals surface area contributed by atoms with Crippen LogP contribution in [0.4, 0.5) is 17.1 Å². The molecule has 0 aliphatic rings. The number of nitrogens with one attached hydrogen (secondary N) is 1. The van der Waals surface area contributed by atoms with Gasteiger partial charge in [0.15, 0.2) is 0 Å². The molecule has 0 amide bonds. The number of methoxy groups -OCH3 is 1. The van der Waals surface area contributed by atoms with Gasteiger partial charge in [0.25, 0.3) is 0 Å². The maximum absolute atomic E-state index is 5.97. The summed E-state index contributed by atoms with van der Waals surface area (Å²) in [6.07, 6.45) is 0. The molecule has 3 N–H and O–H groups in total. The number of anilines is 3. The second kappa shape index (κ2) is 5.90. The van der Waals surface area contributed by atoms with E-state index >= 15 is 0 Å². The van der Waals surface area contributed by atoms with Gasteiger partial charge >= 0.3 is 0 Å². The third-order valence-corrected chi connectivity index (χ3v) is 3.87. The van der Waals surface area contributed by atoms with Gasteiger partial charge in [-0.3, -0.25) is 0 Å². The van der Waals surface area contributed by atoms with Gasteiger partial charge in [0.1, 0.15) is 5.75 Å². The first kappa shape index (κ1) is 14.3. The van der Waals surface area contributed by atoms with E-state index in [2.05, 4.69) is 21.2 Å². The molecule has 0 spiro atoms. The highest BCUT2D eigenvalue weighted by Gasteiger charge is 2.07. The van der Waals surface area contributed by atoms with E-state index in [-0.39, 0.29) is 0 Å². The number of hydrogen-bond donors (Lipinski definition) is 2. The van der Waals surface area contributed by atoms with Crippen LogP contribution in [0.1, 0.15) is 0 Å². The van der Waals surface area contributed by atoms with Gasteiger partial charge in [-0.1, -0.05) is 23.2 Å². The van der Waals surface area contributed by atoms with Gasteiger partial charge in [-0.15, -0.1) is 0 Å². The molecule has 2 rings (SSSR count). The van der Waals surface area contributed by atoms with E-state index in [1.54, 1.807) is 19.2 Å². The van der Waals surface area contributed by atoms with Crippen LogP contribution < -0.4 is 15.8 Å². The van der Waals surface area contributed by atoms with E-state index in [9.17, 15) is 0 Å². The molecule has 0 fully saturated rings. The van der Waals surface area contributed by atoms with E-state index < -0.39 is 0 Å². The van der Waals surface area contributed by atoms with E-state index in [4.69, 9.17) is 33.7 Å². The normalized spacial score (nSPS) is 10.3. The molecule has 0 heterocycles. The third-order valence-electron chi connectivity index (χ3n) is 2.52. The minimum atomic E-state index is 0.431. The number of rotatable bonds is 3. The zero-order valence-corrected chi connectivity index (χ0v) is 13.1. The predicted molar refractivity (Wildman–Crippen MR) is 84.9 cm³/mol. The predicted octanol–water partition coefficient (Wildman–Crippen LogP) is 5.09. The molecule has 3 nitrogen and oxygen atoms in total. The monoisotopic (exact) mass is 360 g/mol. The number of halogens is 3. The molecule has 2 aromatic rings. The Hall–Kier alpha value is -1.10. The van der Waals surface area contributed by atoms with Crippen molar-refractivity contribution in [2.75, 3.05) is 18.2 Å². The molecular weight excluding hydrogens is 351 g/mol. The Morgan fingerprint density at radius 3 is 2.47 bits per heavy atom. The summed E-state index contributed by atoms with van der Waals surface area (Å²) < 4.78 is 6.02. The van der Waals surface area contributed by atoms with Crippen LogP contribution in [0.5, 0.6) is 5.75 Å². The third kappa shape index (κ3) is 3.26. The SMILES string of the molecule is COc1ccc(Nc2cc(Cl)c(Cl)cc2N)cc1Br. The first-order chi connectivity index (χ1) is 9.01. The van der Waals surface area contributed by atoms with Gasteiger partial charge < -0.3 is 15.8 Å². The lowest BCUT2D eigenvalue weighted by molar-refractivity contribution is 0.412. The molecule has 0 bridgehead atoms. The number of ether oxygens (including phenoxy) is 1. The molecule has 6 heteroatoms. The molecule has 100 valence electrons. The highest BCUT2D eigenvalue weighted by atomic mass is 79.9. The van der Waals surface area contributed by atoms with Crippen LogP contribution in [-0.2, 0) is 0 Å². The Balaban J connectivity index is 2.31. The molecule has 0 aliphatic carbocycles. The molecule has 19 heavy (non-hydrogen) atoms. The second-order valence-electron chi connectivity index (χ2n) is 3.83. The summed E-state index contributed by atoms with van der Waals surface area (Å²) in [7, 11) is 1.62. The summed E-state index contributed by atoms with van der Waals surface area (Å²) in [5, 5.41) is 4.06. The lowest BCUT2D eigenvalue weighted by Gasteiger charge is -2.12. The smallest absolute Gasteiger partial charge is 0.133 e. The minimum Gasteiger partial charge on any atom is -0.496 e. The quantitative estimate of drug-likeness (QED) is 0.748. The van der Waals surface area contributed by atoms with Crippen LogP contribution in [0, 0.1) is 0 Å². The van der Waals surface area contributed by atoms with Crippen molar-refractivity contribution in [3.05, 3.63) is 44.8 Å². The molecule has 0 aliphatic heterocycles. The maximum Gasteiger partial charge on any atom is 0.133 e. The molecule has 0 aromatic heterocycles. The average molecular weight is 362 g/mol. The van der Waals surface area contributed by atoms with E-state index in [0.29, 0.717) is 21.4 Å². The summed E-state index contributed by atoms with van der Waals surface area (Å²) in [4.78, 5) is 0. The zero-order valence-electron chi connectivity index (χ0n) is 10.0. The van der Waals surface area contributed by atoms with Crippen molar-refractivity contribution in [2.45, 2.75) is 0 Å². The van der Waals surface area contributed by atoms with Crippen LogP contribution in [0.15, 0.2) is 34.8 Å².